The second-order valence-electron chi connectivity index (χ2n) is 5.48. The topological polar surface area (TPSA) is 79.8 Å². The first-order chi connectivity index (χ1) is 10.8. The van der Waals surface area contributed by atoms with Gasteiger partial charge in [0.05, 0.1) is 6.42 Å². The van der Waals surface area contributed by atoms with Crippen LogP contribution in [0.2, 0.25) is 0 Å². The average Bonchev–Trinajstić information content (AvgIpc) is 2.45. The Hall–Kier alpha value is -1.89. The Bertz CT molecular complexity index is 600. The number of nitrogens with one attached hydrogen (secondary N) is 2. The molecule has 0 saturated heterocycles. The van der Waals surface area contributed by atoms with Crippen molar-refractivity contribution in [3.8, 4) is 5.75 Å². The molecule has 2 amide bonds. The van der Waals surface area contributed by atoms with Gasteiger partial charge in [0.1, 0.15) is 5.75 Å². The third-order valence-corrected chi connectivity index (χ3v) is 3.63. The Balaban J connectivity index is 2.39. The molecule has 0 spiro atoms. The number of carbonyl (C=O) groups is 2. The highest BCUT2D eigenvalue weighted by atomic mass is 79.9. The monoisotopic (exact) mass is 383 g/mol. The van der Waals surface area contributed by atoms with E-state index in [-0.39, 0.29) is 30.9 Å². The minimum Gasteiger partial charge on any atom is -0.484 e. The maximum atomic E-state index is 11.7. The van der Waals surface area contributed by atoms with Gasteiger partial charge in [-0.15, -0.1) is 0 Å². The van der Waals surface area contributed by atoms with Crippen LogP contribution in [0.25, 0.3) is 0 Å². The van der Waals surface area contributed by atoms with E-state index in [1.54, 1.807) is 13.0 Å². The van der Waals surface area contributed by atoms with Crippen LogP contribution < -0.4 is 15.5 Å². The van der Waals surface area contributed by atoms with Crippen LogP contribution >= 0.6 is 15.9 Å². The van der Waals surface area contributed by atoms with Crippen molar-refractivity contribution in [3.05, 3.63) is 28.2 Å². The number of amides is 2. The highest BCUT2D eigenvalue weighted by Gasteiger charge is 2.07. The maximum Gasteiger partial charge on any atom is 0.277 e. The second-order valence-corrected chi connectivity index (χ2v) is 6.34. The Morgan fingerprint density at radius 1 is 1.30 bits per heavy atom. The first-order valence-corrected chi connectivity index (χ1v) is 8.07. The summed E-state index contributed by atoms with van der Waals surface area (Å²) in [7, 11) is 0. The fourth-order valence-corrected chi connectivity index (χ4v) is 1.94. The number of benzene rings is 1. The molecule has 126 valence electrons. The summed E-state index contributed by atoms with van der Waals surface area (Å²) in [5.74, 6) is 0.101. The van der Waals surface area contributed by atoms with Crippen LogP contribution in [0.3, 0.4) is 0 Å². The summed E-state index contributed by atoms with van der Waals surface area (Å²) in [6.45, 7) is 7.24. The smallest absolute Gasteiger partial charge is 0.277 e. The van der Waals surface area contributed by atoms with E-state index in [9.17, 15) is 9.59 Å². The van der Waals surface area contributed by atoms with Gasteiger partial charge in [-0.05, 0) is 51.5 Å². The number of rotatable bonds is 7. The summed E-state index contributed by atoms with van der Waals surface area (Å²) in [4.78, 5) is 23.2. The van der Waals surface area contributed by atoms with Crippen LogP contribution in [-0.4, -0.2) is 30.2 Å². The number of aryl methyl sites for hydroxylation is 1. The van der Waals surface area contributed by atoms with Crippen molar-refractivity contribution < 1.29 is 14.3 Å². The van der Waals surface area contributed by atoms with E-state index in [0.717, 1.165) is 10.0 Å². The summed E-state index contributed by atoms with van der Waals surface area (Å²) in [6, 6.07) is 5.54. The molecular formula is C16H22BrN3O3. The molecule has 2 N–H and O–H groups in total. The van der Waals surface area contributed by atoms with Crippen LogP contribution in [-0.2, 0) is 9.59 Å². The largest absolute Gasteiger partial charge is 0.484 e. The SMILES string of the molecule is CC(CC(=O)NC(C)C)=NNC(=O)COc1ccc(Br)c(C)c1. The Morgan fingerprint density at radius 2 is 2.00 bits per heavy atom. The first kappa shape index (κ1) is 19.2. The quantitative estimate of drug-likeness (QED) is 0.560. The summed E-state index contributed by atoms with van der Waals surface area (Å²) in [5.41, 5.74) is 3.92. The molecule has 0 unspecified atom stereocenters. The highest BCUT2D eigenvalue weighted by molar-refractivity contribution is 9.10. The standard InChI is InChI=1S/C16H22BrN3O3/c1-10(2)18-15(21)8-12(4)19-20-16(22)9-23-13-5-6-14(17)11(3)7-13/h5-7,10H,8-9H2,1-4H3,(H,18,21)(H,20,22). The molecule has 0 atom stereocenters. The molecule has 0 bridgehead atoms. The number of nitrogens with zero attached hydrogens (tertiary/aromatic N) is 1. The fourth-order valence-electron chi connectivity index (χ4n) is 1.69. The van der Waals surface area contributed by atoms with E-state index in [1.165, 1.54) is 0 Å². The molecule has 23 heavy (non-hydrogen) atoms. The van der Waals surface area contributed by atoms with Crippen molar-refractivity contribution in [1.82, 2.24) is 10.7 Å². The van der Waals surface area contributed by atoms with E-state index in [2.05, 4.69) is 31.8 Å². The molecule has 0 aliphatic carbocycles. The van der Waals surface area contributed by atoms with E-state index in [1.807, 2.05) is 32.9 Å². The van der Waals surface area contributed by atoms with Crippen LogP contribution in [0.5, 0.6) is 5.75 Å². The van der Waals surface area contributed by atoms with Crippen LogP contribution in [0.15, 0.2) is 27.8 Å². The lowest BCUT2D eigenvalue weighted by atomic mass is 10.2. The average molecular weight is 384 g/mol. The minimum atomic E-state index is -0.380. The number of hydrazone groups is 1. The normalized spacial score (nSPS) is 11.3. The first-order valence-electron chi connectivity index (χ1n) is 7.28. The lowest BCUT2D eigenvalue weighted by molar-refractivity contribution is -0.123. The molecule has 0 heterocycles. The Kier molecular flexibility index (Phi) is 7.74. The van der Waals surface area contributed by atoms with Crippen molar-refractivity contribution >= 4 is 33.5 Å². The lowest BCUT2D eigenvalue weighted by Crippen LogP contribution is -2.32. The molecule has 1 rings (SSSR count). The van der Waals surface area contributed by atoms with Crippen molar-refractivity contribution in [2.45, 2.75) is 40.2 Å². The zero-order chi connectivity index (χ0) is 17.4. The zero-order valence-corrected chi connectivity index (χ0v) is 15.4. The second kappa shape index (κ2) is 9.29. The van der Waals surface area contributed by atoms with Gasteiger partial charge in [0.25, 0.3) is 5.91 Å². The van der Waals surface area contributed by atoms with Gasteiger partial charge in [0.15, 0.2) is 6.61 Å². The van der Waals surface area contributed by atoms with Gasteiger partial charge in [-0.1, -0.05) is 15.9 Å². The third kappa shape index (κ3) is 7.78. The third-order valence-electron chi connectivity index (χ3n) is 2.74. The zero-order valence-electron chi connectivity index (χ0n) is 13.8. The van der Waals surface area contributed by atoms with Crippen LogP contribution in [0.4, 0.5) is 0 Å². The van der Waals surface area contributed by atoms with Crippen LogP contribution in [0, 0.1) is 6.92 Å². The van der Waals surface area contributed by atoms with Crippen molar-refractivity contribution in [2.24, 2.45) is 5.10 Å². The van der Waals surface area contributed by atoms with Crippen LogP contribution in [0.1, 0.15) is 32.8 Å². The number of ether oxygens (including phenoxy) is 1. The number of hydrogen-bond donors (Lipinski definition) is 2. The van der Waals surface area contributed by atoms with E-state index >= 15 is 0 Å². The molecular weight excluding hydrogens is 362 g/mol. The molecule has 0 aromatic heterocycles. The van der Waals surface area contributed by atoms with E-state index < -0.39 is 0 Å². The molecule has 6 nitrogen and oxygen atoms in total. The molecule has 0 fully saturated rings. The van der Waals surface area contributed by atoms with Gasteiger partial charge >= 0.3 is 0 Å². The lowest BCUT2D eigenvalue weighted by Gasteiger charge is -2.08. The summed E-state index contributed by atoms with van der Waals surface area (Å²) in [5, 5.41) is 6.64. The predicted octanol–water partition coefficient (Wildman–Crippen LogP) is 2.54. The number of carbonyl (C=O) groups excluding carboxylic acids is 2. The number of halogens is 1. The molecule has 0 aliphatic heterocycles. The van der Waals surface area contributed by atoms with Crippen molar-refractivity contribution in [2.75, 3.05) is 6.61 Å². The number of hydrogen-bond acceptors (Lipinski definition) is 4. The van der Waals surface area contributed by atoms with Gasteiger partial charge in [0, 0.05) is 16.2 Å². The molecule has 7 heteroatoms. The summed E-state index contributed by atoms with van der Waals surface area (Å²) in [6.07, 6.45) is 0.144. The van der Waals surface area contributed by atoms with Gasteiger partial charge in [0.2, 0.25) is 5.91 Å². The summed E-state index contributed by atoms with van der Waals surface area (Å²) < 4.78 is 6.37. The molecule has 1 aromatic rings. The maximum absolute atomic E-state index is 11.7. The van der Waals surface area contributed by atoms with Gasteiger partial charge in [-0.25, -0.2) is 5.43 Å². The molecule has 0 radical (unpaired) electrons. The molecule has 0 aliphatic rings. The van der Waals surface area contributed by atoms with Gasteiger partial charge < -0.3 is 10.1 Å². The Labute approximate surface area is 144 Å². The fraction of sp³-hybridized carbons (Fsp3) is 0.438. The van der Waals surface area contributed by atoms with Crippen molar-refractivity contribution in [3.63, 3.8) is 0 Å². The van der Waals surface area contributed by atoms with Gasteiger partial charge in [-0.3, -0.25) is 9.59 Å². The van der Waals surface area contributed by atoms with E-state index in [0.29, 0.717) is 11.5 Å². The van der Waals surface area contributed by atoms with Crippen molar-refractivity contribution in [1.29, 1.82) is 0 Å². The summed E-state index contributed by atoms with van der Waals surface area (Å²) >= 11 is 3.40. The predicted molar refractivity (Wildman–Crippen MR) is 93.5 cm³/mol. The molecule has 0 saturated carbocycles. The van der Waals surface area contributed by atoms with Gasteiger partial charge in [-0.2, -0.15) is 5.10 Å². The minimum absolute atomic E-state index is 0.0765. The Morgan fingerprint density at radius 3 is 2.61 bits per heavy atom. The molecule has 1 aromatic carbocycles. The van der Waals surface area contributed by atoms with E-state index in [4.69, 9.17) is 4.74 Å². The highest BCUT2D eigenvalue weighted by Crippen LogP contribution is 2.21.